The number of aryl methyl sites for hydroxylation is 1. The molecule has 1 fully saturated rings. The molecule has 1 amide bonds. The molecule has 1 aromatic heterocycles. The summed E-state index contributed by atoms with van der Waals surface area (Å²) in [6, 6.07) is 8.37. The maximum absolute atomic E-state index is 12.1. The zero-order valence-electron chi connectivity index (χ0n) is 17.1. The summed E-state index contributed by atoms with van der Waals surface area (Å²) in [5.74, 6) is 1.54. The van der Waals surface area contributed by atoms with Crippen molar-refractivity contribution in [1.82, 2.24) is 20.9 Å². The molecule has 9 heteroatoms. The quantitative estimate of drug-likeness (QED) is 0.361. The number of thiazole rings is 1. The SMILES string of the molecule is CN=C(NCCNC(=O)c1scnc1C)NC1CCN(c2ccccc2OC)C1. The summed E-state index contributed by atoms with van der Waals surface area (Å²) in [4.78, 5) is 23.5. The minimum atomic E-state index is -0.0852. The van der Waals surface area contributed by atoms with Crippen LogP contribution in [-0.2, 0) is 0 Å². The van der Waals surface area contributed by atoms with Crippen LogP contribution in [0.5, 0.6) is 5.75 Å². The predicted octanol–water partition coefficient (Wildman–Crippen LogP) is 1.63. The highest BCUT2D eigenvalue weighted by atomic mass is 32.1. The van der Waals surface area contributed by atoms with Crippen molar-refractivity contribution in [1.29, 1.82) is 0 Å². The van der Waals surface area contributed by atoms with Crippen molar-refractivity contribution in [2.45, 2.75) is 19.4 Å². The van der Waals surface area contributed by atoms with Gasteiger partial charge in [0.05, 0.1) is 24.0 Å². The van der Waals surface area contributed by atoms with E-state index in [-0.39, 0.29) is 5.91 Å². The number of rotatable bonds is 7. The Morgan fingerprint density at radius 1 is 1.34 bits per heavy atom. The van der Waals surface area contributed by atoms with Gasteiger partial charge in [0.1, 0.15) is 10.6 Å². The van der Waals surface area contributed by atoms with E-state index >= 15 is 0 Å². The molecule has 156 valence electrons. The number of carbonyl (C=O) groups excluding carboxylic acids is 1. The Balaban J connectivity index is 1.42. The standard InChI is InChI=1S/C20H28N6O2S/c1-14-18(29-13-24-14)19(27)22-9-10-23-20(21-2)25-15-8-11-26(12-15)16-6-4-5-7-17(16)28-3/h4-7,13,15H,8-12H2,1-3H3,(H,22,27)(H2,21,23,25). The van der Waals surface area contributed by atoms with Gasteiger partial charge < -0.3 is 25.6 Å². The molecule has 3 rings (SSSR count). The summed E-state index contributed by atoms with van der Waals surface area (Å²) in [5.41, 5.74) is 3.56. The van der Waals surface area contributed by atoms with Crippen LogP contribution in [-0.4, -0.2) is 63.2 Å². The summed E-state index contributed by atoms with van der Waals surface area (Å²) in [6.07, 6.45) is 1.01. The van der Waals surface area contributed by atoms with Gasteiger partial charge in [-0.05, 0) is 25.5 Å². The minimum absolute atomic E-state index is 0.0852. The summed E-state index contributed by atoms with van der Waals surface area (Å²) < 4.78 is 5.48. The molecule has 0 saturated carbocycles. The van der Waals surface area contributed by atoms with E-state index in [1.165, 1.54) is 11.3 Å². The van der Waals surface area contributed by atoms with Crippen molar-refractivity contribution in [2.75, 3.05) is 45.2 Å². The Labute approximate surface area is 175 Å². The highest BCUT2D eigenvalue weighted by Gasteiger charge is 2.25. The van der Waals surface area contributed by atoms with E-state index in [0.717, 1.165) is 42.6 Å². The molecule has 2 aromatic rings. The van der Waals surface area contributed by atoms with E-state index in [4.69, 9.17) is 4.74 Å². The Morgan fingerprint density at radius 3 is 2.86 bits per heavy atom. The zero-order chi connectivity index (χ0) is 20.6. The van der Waals surface area contributed by atoms with Crippen molar-refractivity contribution in [3.05, 3.63) is 40.3 Å². The normalized spacial score (nSPS) is 16.6. The second-order valence-corrected chi connectivity index (χ2v) is 7.62. The number of ether oxygens (including phenoxy) is 1. The molecular formula is C20H28N6O2S. The molecule has 1 aliphatic rings. The van der Waals surface area contributed by atoms with Crippen LogP contribution in [0.2, 0.25) is 0 Å². The van der Waals surface area contributed by atoms with E-state index < -0.39 is 0 Å². The minimum Gasteiger partial charge on any atom is -0.495 e. The fourth-order valence-electron chi connectivity index (χ4n) is 3.33. The first-order valence-electron chi connectivity index (χ1n) is 9.65. The third-order valence-electron chi connectivity index (χ3n) is 4.83. The molecule has 1 unspecified atom stereocenters. The van der Waals surface area contributed by atoms with E-state index in [1.54, 1.807) is 19.7 Å². The van der Waals surface area contributed by atoms with Gasteiger partial charge in [-0.3, -0.25) is 9.79 Å². The van der Waals surface area contributed by atoms with Crippen molar-refractivity contribution in [3.63, 3.8) is 0 Å². The van der Waals surface area contributed by atoms with Crippen molar-refractivity contribution >= 4 is 28.9 Å². The molecule has 29 heavy (non-hydrogen) atoms. The van der Waals surface area contributed by atoms with Gasteiger partial charge in [0.2, 0.25) is 0 Å². The van der Waals surface area contributed by atoms with Crippen molar-refractivity contribution in [3.8, 4) is 5.75 Å². The maximum Gasteiger partial charge on any atom is 0.263 e. The van der Waals surface area contributed by atoms with E-state index in [0.29, 0.717) is 24.0 Å². The average Bonchev–Trinajstić information content (AvgIpc) is 3.38. The lowest BCUT2D eigenvalue weighted by Gasteiger charge is -2.22. The molecule has 0 aliphatic carbocycles. The molecular weight excluding hydrogens is 388 g/mol. The second-order valence-electron chi connectivity index (χ2n) is 6.77. The molecule has 0 bridgehead atoms. The van der Waals surface area contributed by atoms with Gasteiger partial charge >= 0.3 is 0 Å². The summed E-state index contributed by atoms with van der Waals surface area (Å²) in [6.45, 7) is 4.77. The number of benzene rings is 1. The highest BCUT2D eigenvalue weighted by Crippen LogP contribution is 2.30. The molecule has 2 heterocycles. The van der Waals surface area contributed by atoms with Gasteiger partial charge in [-0.2, -0.15) is 0 Å². The molecule has 8 nitrogen and oxygen atoms in total. The van der Waals surface area contributed by atoms with Gasteiger partial charge in [0.25, 0.3) is 5.91 Å². The number of hydrogen-bond acceptors (Lipinski definition) is 6. The topological polar surface area (TPSA) is 90.9 Å². The number of anilines is 1. The van der Waals surface area contributed by atoms with Crippen molar-refractivity contribution in [2.24, 2.45) is 4.99 Å². The number of amides is 1. The smallest absolute Gasteiger partial charge is 0.263 e. The first-order valence-corrected chi connectivity index (χ1v) is 10.5. The fourth-order valence-corrected chi connectivity index (χ4v) is 4.05. The van der Waals surface area contributed by atoms with Crippen LogP contribution in [0.3, 0.4) is 0 Å². The first kappa shape index (κ1) is 20.9. The lowest BCUT2D eigenvalue weighted by atomic mass is 10.2. The third-order valence-corrected chi connectivity index (χ3v) is 5.76. The monoisotopic (exact) mass is 416 g/mol. The van der Waals surface area contributed by atoms with Gasteiger partial charge in [0, 0.05) is 39.3 Å². The predicted molar refractivity (Wildman–Crippen MR) is 117 cm³/mol. The van der Waals surface area contributed by atoms with E-state index in [1.807, 2.05) is 25.1 Å². The second kappa shape index (κ2) is 10.1. The van der Waals surface area contributed by atoms with Crippen LogP contribution in [0, 0.1) is 6.92 Å². The Bertz CT molecular complexity index is 853. The summed E-state index contributed by atoms with van der Waals surface area (Å²) in [7, 11) is 3.45. The Morgan fingerprint density at radius 2 is 2.14 bits per heavy atom. The number of aromatic nitrogens is 1. The lowest BCUT2D eigenvalue weighted by molar-refractivity contribution is 0.0957. The van der Waals surface area contributed by atoms with E-state index in [2.05, 4.69) is 36.9 Å². The Hall–Kier alpha value is -2.81. The molecule has 1 aromatic carbocycles. The zero-order valence-corrected chi connectivity index (χ0v) is 17.9. The van der Waals surface area contributed by atoms with E-state index in [9.17, 15) is 4.79 Å². The van der Waals surface area contributed by atoms with Gasteiger partial charge in [-0.25, -0.2) is 4.98 Å². The average molecular weight is 417 g/mol. The summed E-state index contributed by atoms with van der Waals surface area (Å²) in [5, 5.41) is 9.63. The van der Waals surface area contributed by atoms with Crippen molar-refractivity contribution < 1.29 is 9.53 Å². The number of guanidine groups is 1. The van der Waals surface area contributed by atoms with Crippen LogP contribution >= 0.6 is 11.3 Å². The molecule has 1 aliphatic heterocycles. The lowest BCUT2D eigenvalue weighted by Crippen LogP contribution is -2.46. The Kier molecular flexibility index (Phi) is 7.29. The third kappa shape index (κ3) is 5.38. The van der Waals surface area contributed by atoms with Crippen LogP contribution < -0.4 is 25.6 Å². The molecule has 1 saturated heterocycles. The highest BCUT2D eigenvalue weighted by molar-refractivity contribution is 7.11. The largest absolute Gasteiger partial charge is 0.495 e. The number of hydrogen-bond donors (Lipinski definition) is 3. The summed E-state index contributed by atoms with van der Waals surface area (Å²) >= 11 is 1.36. The van der Waals surface area contributed by atoms with Crippen LogP contribution in [0.15, 0.2) is 34.8 Å². The van der Waals surface area contributed by atoms with Gasteiger partial charge in [0.15, 0.2) is 5.96 Å². The number of carbonyl (C=O) groups is 1. The van der Waals surface area contributed by atoms with Crippen LogP contribution in [0.25, 0.3) is 0 Å². The number of nitrogens with one attached hydrogen (secondary N) is 3. The van der Waals surface area contributed by atoms with Crippen LogP contribution in [0.1, 0.15) is 21.8 Å². The molecule has 3 N–H and O–H groups in total. The number of methoxy groups -OCH3 is 1. The number of para-hydroxylation sites is 2. The molecule has 1 atom stereocenters. The molecule has 0 spiro atoms. The maximum atomic E-state index is 12.1. The number of nitrogens with zero attached hydrogens (tertiary/aromatic N) is 3. The van der Waals surface area contributed by atoms with Gasteiger partial charge in [-0.15, -0.1) is 11.3 Å². The van der Waals surface area contributed by atoms with Gasteiger partial charge in [-0.1, -0.05) is 12.1 Å². The fraction of sp³-hybridized carbons (Fsp3) is 0.450. The number of aliphatic imine (C=N–C) groups is 1. The van der Waals surface area contributed by atoms with Crippen LogP contribution in [0.4, 0.5) is 5.69 Å². The molecule has 0 radical (unpaired) electrons. The first-order chi connectivity index (χ1) is 14.1.